The summed E-state index contributed by atoms with van der Waals surface area (Å²) in [6.07, 6.45) is 0.817. The van der Waals surface area contributed by atoms with Crippen LogP contribution in [0.1, 0.15) is 17.7 Å². The third-order valence-corrected chi connectivity index (χ3v) is 5.63. The highest BCUT2D eigenvalue weighted by Gasteiger charge is 2.21. The maximum absolute atomic E-state index is 12.6. The smallest absolute Gasteiger partial charge is 0.263 e. The molecule has 0 spiro atoms. The van der Waals surface area contributed by atoms with Gasteiger partial charge in [0.25, 0.3) is 10.0 Å². The molecule has 0 fully saturated rings. The van der Waals surface area contributed by atoms with E-state index >= 15 is 0 Å². The zero-order chi connectivity index (χ0) is 17.5. The Morgan fingerprint density at radius 3 is 2.67 bits per heavy atom. The predicted octanol–water partition coefficient (Wildman–Crippen LogP) is 3.38. The molecule has 9 heteroatoms. The lowest BCUT2D eigenvalue weighted by Gasteiger charge is -2.18. The summed E-state index contributed by atoms with van der Waals surface area (Å²) in [7, 11) is -3.87. The number of nitrogens with zero attached hydrogens (tertiary/aromatic N) is 1. The van der Waals surface area contributed by atoms with Gasteiger partial charge in [0.1, 0.15) is 0 Å². The molecule has 0 radical (unpaired) electrons. The third kappa shape index (κ3) is 3.33. The minimum atomic E-state index is -3.87. The van der Waals surface area contributed by atoms with Crippen LogP contribution in [-0.2, 0) is 21.2 Å². The van der Waals surface area contributed by atoms with Crippen LogP contribution in [0.4, 0.5) is 11.5 Å². The Morgan fingerprint density at radius 1 is 1.17 bits per heavy atom. The number of aryl methyl sites for hydroxylation is 2. The summed E-state index contributed by atoms with van der Waals surface area (Å²) in [5.74, 6) is -0.0616. The maximum atomic E-state index is 12.6. The molecule has 1 aromatic carbocycles. The van der Waals surface area contributed by atoms with E-state index in [0.29, 0.717) is 29.2 Å². The van der Waals surface area contributed by atoms with Crippen LogP contribution in [0.3, 0.4) is 0 Å². The Labute approximate surface area is 149 Å². The number of hydrogen-bond donors (Lipinski definition) is 2. The summed E-state index contributed by atoms with van der Waals surface area (Å²) in [6.45, 7) is 1.65. The van der Waals surface area contributed by atoms with E-state index in [9.17, 15) is 13.2 Å². The number of halogens is 2. The van der Waals surface area contributed by atoms with E-state index in [0.717, 1.165) is 5.56 Å². The molecule has 6 nitrogen and oxygen atoms in total. The number of amides is 1. The first kappa shape index (κ1) is 17.0. The first-order chi connectivity index (χ1) is 11.3. The van der Waals surface area contributed by atoms with Gasteiger partial charge >= 0.3 is 0 Å². The number of nitrogens with one attached hydrogen (secondary N) is 2. The molecule has 0 bridgehead atoms. The number of benzene rings is 1. The van der Waals surface area contributed by atoms with E-state index in [1.54, 1.807) is 13.0 Å². The van der Waals surface area contributed by atoms with E-state index in [1.165, 1.54) is 18.2 Å². The molecule has 0 saturated heterocycles. The Morgan fingerprint density at radius 2 is 1.92 bits per heavy atom. The average Bonchev–Trinajstić information content (AvgIpc) is 2.51. The summed E-state index contributed by atoms with van der Waals surface area (Å²) in [5, 5.41) is 3.17. The zero-order valence-electron chi connectivity index (χ0n) is 12.6. The minimum absolute atomic E-state index is 0.0181. The van der Waals surface area contributed by atoms with E-state index in [-0.39, 0.29) is 21.6 Å². The summed E-state index contributed by atoms with van der Waals surface area (Å²) >= 11 is 11.9. The largest absolute Gasteiger partial charge is 0.326 e. The fourth-order valence-electron chi connectivity index (χ4n) is 2.34. The van der Waals surface area contributed by atoms with Gasteiger partial charge in [0, 0.05) is 12.1 Å². The summed E-state index contributed by atoms with van der Waals surface area (Å²) < 4.78 is 27.5. The van der Waals surface area contributed by atoms with Gasteiger partial charge in [0.2, 0.25) is 5.91 Å². The number of sulfonamides is 1. The van der Waals surface area contributed by atoms with Crippen LogP contribution in [0, 0.1) is 6.92 Å². The Balaban J connectivity index is 1.94. The number of pyridine rings is 1. The van der Waals surface area contributed by atoms with Gasteiger partial charge in [0.15, 0.2) is 5.82 Å². The number of hydrogen-bond acceptors (Lipinski definition) is 4. The topological polar surface area (TPSA) is 88.2 Å². The van der Waals surface area contributed by atoms with Crippen LogP contribution in [0.25, 0.3) is 0 Å². The van der Waals surface area contributed by atoms with Gasteiger partial charge in [-0.25, -0.2) is 13.4 Å². The van der Waals surface area contributed by atoms with Gasteiger partial charge in [-0.05, 0) is 43.2 Å². The Bertz CT molecular complexity index is 945. The van der Waals surface area contributed by atoms with Crippen molar-refractivity contribution < 1.29 is 13.2 Å². The lowest BCUT2D eigenvalue weighted by molar-refractivity contribution is -0.116. The average molecular weight is 386 g/mol. The summed E-state index contributed by atoms with van der Waals surface area (Å²) in [6, 6.07) is 5.96. The van der Waals surface area contributed by atoms with Gasteiger partial charge in [-0.15, -0.1) is 0 Å². The molecule has 0 atom stereocenters. The molecule has 2 heterocycles. The van der Waals surface area contributed by atoms with Crippen LogP contribution < -0.4 is 10.0 Å². The Hall–Kier alpha value is -1.83. The first-order valence-electron chi connectivity index (χ1n) is 7.04. The van der Waals surface area contributed by atoms with Crippen molar-refractivity contribution in [3.63, 3.8) is 0 Å². The van der Waals surface area contributed by atoms with Gasteiger partial charge in [-0.2, -0.15) is 0 Å². The molecule has 2 N–H and O–H groups in total. The van der Waals surface area contributed by atoms with E-state index in [2.05, 4.69) is 15.0 Å². The van der Waals surface area contributed by atoms with Crippen molar-refractivity contribution in [1.82, 2.24) is 4.98 Å². The fourth-order valence-corrected chi connectivity index (χ4v) is 3.88. The molecule has 126 valence electrons. The quantitative estimate of drug-likeness (QED) is 0.847. The molecule has 3 rings (SSSR count). The molecule has 0 unspecified atom stereocenters. The van der Waals surface area contributed by atoms with Crippen molar-refractivity contribution >= 4 is 50.6 Å². The maximum Gasteiger partial charge on any atom is 0.263 e. The minimum Gasteiger partial charge on any atom is -0.326 e. The van der Waals surface area contributed by atoms with Crippen LogP contribution in [-0.4, -0.2) is 19.3 Å². The number of carbonyl (C=O) groups is 1. The van der Waals surface area contributed by atoms with Crippen molar-refractivity contribution in [2.75, 3.05) is 10.0 Å². The van der Waals surface area contributed by atoms with Crippen molar-refractivity contribution in [2.45, 2.75) is 24.7 Å². The normalized spacial score (nSPS) is 14.0. The van der Waals surface area contributed by atoms with Crippen LogP contribution in [0.2, 0.25) is 10.0 Å². The summed E-state index contributed by atoms with van der Waals surface area (Å²) in [4.78, 5) is 15.5. The highest BCUT2D eigenvalue weighted by atomic mass is 35.5. The van der Waals surface area contributed by atoms with Gasteiger partial charge in [-0.3, -0.25) is 9.52 Å². The molecular formula is C15H13Cl2N3O3S. The number of aromatic nitrogens is 1. The Kier molecular flexibility index (Phi) is 4.42. The molecule has 24 heavy (non-hydrogen) atoms. The van der Waals surface area contributed by atoms with E-state index in [1.807, 2.05) is 0 Å². The molecular weight excluding hydrogens is 373 g/mol. The van der Waals surface area contributed by atoms with Crippen molar-refractivity contribution in [2.24, 2.45) is 0 Å². The van der Waals surface area contributed by atoms with Gasteiger partial charge < -0.3 is 5.32 Å². The number of anilines is 2. The second-order valence-corrected chi connectivity index (χ2v) is 7.86. The number of rotatable bonds is 3. The van der Waals surface area contributed by atoms with Crippen LogP contribution in [0.5, 0.6) is 0 Å². The molecule has 0 saturated carbocycles. The molecule has 1 aliphatic rings. The standard InChI is InChI=1S/C15H13Cl2N3O3S/c1-8-11(16)7-12(17)15(18-8)20-24(22,23)10-3-4-13-9(6-10)2-5-14(21)19-13/h3-4,6-7H,2,5H2,1H3,(H,18,20)(H,19,21). The summed E-state index contributed by atoms with van der Waals surface area (Å²) in [5.41, 5.74) is 1.86. The predicted molar refractivity (Wildman–Crippen MR) is 93.2 cm³/mol. The highest BCUT2D eigenvalue weighted by molar-refractivity contribution is 7.92. The number of fused-ring (bicyclic) bond motifs is 1. The van der Waals surface area contributed by atoms with E-state index in [4.69, 9.17) is 23.2 Å². The number of carbonyl (C=O) groups excluding carboxylic acids is 1. The van der Waals surface area contributed by atoms with Crippen molar-refractivity contribution in [1.29, 1.82) is 0 Å². The fraction of sp³-hybridized carbons (Fsp3) is 0.200. The highest BCUT2D eigenvalue weighted by Crippen LogP contribution is 2.29. The van der Waals surface area contributed by atoms with Crippen LogP contribution in [0.15, 0.2) is 29.2 Å². The molecule has 2 aromatic rings. The lowest BCUT2D eigenvalue weighted by Crippen LogP contribution is -2.20. The lowest BCUT2D eigenvalue weighted by atomic mass is 10.0. The molecule has 0 aliphatic carbocycles. The third-order valence-electron chi connectivity index (χ3n) is 3.62. The van der Waals surface area contributed by atoms with Gasteiger partial charge in [-0.1, -0.05) is 23.2 Å². The molecule has 1 aliphatic heterocycles. The SMILES string of the molecule is Cc1nc(NS(=O)(=O)c2ccc3c(c2)CCC(=O)N3)c(Cl)cc1Cl. The first-order valence-corrected chi connectivity index (χ1v) is 9.28. The van der Waals surface area contributed by atoms with Crippen molar-refractivity contribution in [3.05, 3.63) is 45.6 Å². The molecule has 1 amide bonds. The zero-order valence-corrected chi connectivity index (χ0v) is 14.9. The molecule has 1 aromatic heterocycles. The monoisotopic (exact) mass is 385 g/mol. The van der Waals surface area contributed by atoms with E-state index < -0.39 is 10.0 Å². The van der Waals surface area contributed by atoms with Gasteiger partial charge in [0.05, 0.1) is 20.6 Å². The van der Waals surface area contributed by atoms with Crippen LogP contribution >= 0.6 is 23.2 Å². The second kappa shape index (κ2) is 6.23. The van der Waals surface area contributed by atoms with Crippen molar-refractivity contribution in [3.8, 4) is 0 Å². The second-order valence-electron chi connectivity index (χ2n) is 5.36.